The number of rotatable bonds is 3. The summed E-state index contributed by atoms with van der Waals surface area (Å²) in [4.78, 5) is 0. The van der Waals surface area contributed by atoms with Crippen molar-refractivity contribution in [3.05, 3.63) is 33.0 Å². The van der Waals surface area contributed by atoms with Crippen LogP contribution in [0.1, 0.15) is 51.8 Å². The van der Waals surface area contributed by atoms with Crippen molar-refractivity contribution < 1.29 is 27.8 Å². The Morgan fingerprint density at radius 1 is 0.679 bits per heavy atom. The van der Waals surface area contributed by atoms with Gasteiger partial charge < -0.3 is 27.8 Å². The molecule has 154 valence electrons. The first kappa shape index (κ1) is 20.6. The molecule has 2 aliphatic rings. The molecule has 4 rings (SSSR count). The topological polar surface area (TPSA) is 63.2 Å². The molecule has 0 saturated carbocycles. The van der Waals surface area contributed by atoms with E-state index >= 15 is 0 Å². The van der Waals surface area contributed by atoms with Gasteiger partial charge in [0.2, 0.25) is 12.6 Å². The molecule has 2 aliphatic heterocycles. The Morgan fingerprint density at radius 3 is 1.32 bits per heavy atom. The van der Waals surface area contributed by atoms with Crippen LogP contribution in [0.5, 0.6) is 0 Å². The van der Waals surface area contributed by atoms with Gasteiger partial charge in [-0.05, 0) is 44.0 Å². The largest absolute Gasteiger partial charge is 0.448 e. The molecule has 0 unspecified atom stereocenters. The van der Waals surface area contributed by atoms with Crippen molar-refractivity contribution in [2.45, 2.75) is 40.3 Å². The van der Waals surface area contributed by atoms with E-state index in [9.17, 15) is 0 Å². The fourth-order valence-corrected chi connectivity index (χ4v) is 4.12. The van der Waals surface area contributed by atoms with Crippen LogP contribution in [0.3, 0.4) is 0 Å². The van der Waals surface area contributed by atoms with E-state index in [2.05, 4.69) is 59.6 Å². The molecular formula is C20H24Br2O6. The van der Waals surface area contributed by atoms with E-state index in [1.807, 2.05) is 12.1 Å². The lowest BCUT2D eigenvalue weighted by Gasteiger charge is -2.33. The zero-order valence-corrected chi connectivity index (χ0v) is 19.5. The predicted octanol–water partition coefficient (Wildman–Crippen LogP) is 6.21. The van der Waals surface area contributed by atoms with E-state index < -0.39 is 12.6 Å². The number of hydrogen-bond donors (Lipinski definition) is 0. The SMILES string of the molecule is CC1(C)COC(c2cc(-c3cc(C4OCC(C)(C)CO4)oc3Br)c(Br)o2)OC1. The molecule has 2 aromatic rings. The van der Waals surface area contributed by atoms with Crippen LogP contribution in [0.2, 0.25) is 0 Å². The molecule has 2 saturated heterocycles. The Bertz CT molecular complexity index is 763. The van der Waals surface area contributed by atoms with Gasteiger partial charge >= 0.3 is 0 Å². The highest BCUT2D eigenvalue weighted by Crippen LogP contribution is 2.43. The number of ether oxygens (including phenoxy) is 4. The number of furan rings is 2. The molecule has 2 fully saturated rings. The lowest BCUT2D eigenvalue weighted by Crippen LogP contribution is -2.33. The average Bonchev–Trinajstić information content (AvgIpc) is 3.17. The lowest BCUT2D eigenvalue weighted by molar-refractivity contribution is -0.233. The Labute approximate surface area is 181 Å². The lowest BCUT2D eigenvalue weighted by atomic mass is 9.95. The third-order valence-corrected chi connectivity index (χ3v) is 5.85. The van der Waals surface area contributed by atoms with Gasteiger partial charge in [-0.1, -0.05) is 27.7 Å². The third-order valence-electron chi connectivity index (χ3n) is 4.67. The van der Waals surface area contributed by atoms with E-state index in [1.54, 1.807) is 0 Å². The van der Waals surface area contributed by atoms with Crippen LogP contribution < -0.4 is 0 Å². The third kappa shape index (κ3) is 4.27. The van der Waals surface area contributed by atoms with Gasteiger partial charge in [-0.25, -0.2) is 0 Å². The van der Waals surface area contributed by atoms with Crippen LogP contribution >= 0.6 is 31.9 Å². The first-order valence-electron chi connectivity index (χ1n) is 9.19. The van der Waals surface area contributed by atoms with Gasteiger partial charge in [0.15, 0.2) is 20.9 Å². The van der Waals surface area contributed by atoms with Gasteiger partial charge in [0.05, 0.1) is 26.4 Å². The molecule has 0 aromatic carbocycles. The van der Waals surface area contributed by atoms with E-state index in [1.165, 1.54) is 0 Å². The predicted molar refractivity (Wildman–Crippen MR) is 109 cm³/mol. The van der Waals surface area contributed by atoms with E-state index in [-0.39, 0.29) is 10.8 Å². The zero-order chi connectivity index (χ0) is 20.1. The van der Waals surface area contributed by atoms with Crippen molar-refractivity contribution in [3.63, 3.8) is 0 Å². The molecule has 28 heavy (non-hydrogen) atoms. The Kier molecular flexibility index (Phi) is 5.57. The van der Waals surface area contributed by atoms with Crippen LogP contribution in [0.4, 0.5) is 0 Å². The molecule has 0 bridgehead atoms. The van der Waals surface area contributed by atoms with Crippen LogP contribution in [-0.2, 0) is 18.9 Å². The van der Waals surface area contributed by atoms with Gasteiger partial charge in [0.1, 0.15) is 0 Å². The molecule has 0 radical (unpaired) electrons. The monoisotopic (exact) mass is 518 g/mol. The summed E-state index contributed by atoms with van der Waals surface area (Å²) in [5, 5.41) is 0. The van der Waals surface area contributed by atoms with E-state index in [0.717, 1.165) is 11.1 Å². The molecule has 8 heteroatoms. The molecule has 0 amide bonds. The van der Waals surface area contributed by atoms with Gasteiger partial charge in [-0.2, -0.15) is 0 Å². The van der Waals surface area contributed by atoms with Crippen molar-refractivity contribution in [2.24, 2.45) is 10.8 Å². The van der Waals surface area contributed by atoms with Gasteiger partial charge in [0.25, 0.3) is 0 Å². The molecule has 0 spiro atoms. The Balaban J connectivity index is 1.54. The summed E-state index contributed by atoms with van der Waals surface area (Å²) in [6.45, 7) is 10.9. The van der Waals surface area contributed by atoms with Crippen molar-refractivity contribution in [3.8, 4) is 11.1 Å². The molecular weight excluding hydrogens is 496 g/mol. The second-order valence-electron chi connectivity index (χ2n) is 8.91. The summed E-state index contributed by atoms with van der Waals surface area (Å²) >= 11 is 6.99. The number of halogens is 2. The summed E-state index contributed by atoms with van der Waals surface area (Å²) < 4.78 is 36.2. The minimum atomic E-state index is -0.518. The van der Waals surface area contributed by atoms with Crippen molar-refractivity contribution in [2.75, 3.05) is 26.4 Å². The molecule has 0 atom stereocenters. The van der Waals surface area contributed by atoms with Crippen LogP contribution in [-0.4, -0.2) is 26.4 Å². The molecule has 4 heterocycles. The van der Waals surface area contributed by atoms with Crippen molar-refractivity contribution in [1.29, 1.82) is 0 Å². The fourth-order valence-electron chi connectivity index (χ4n) is 3.09. The Morgan fingerprint density at radius 2 is 1.00 bits per heavy atom. The first-order chi connectivity index (χ1) is 13.1. The smallest absolute Gasteiger partial charge is 0.217 e. The highest BCUT2D eigenvalue weighted by molar-refractivity contribution is 9.10. The molecule has 6 nitrogen and oxygen atoms in total. The summed E-state index contributed by atoms with van der Waals surface area (Å²) in [6.07, 6.45) is -1.04. The maximum Gasteiger partial charge on any atom is 0.217 e. The summed E-state index contributed by atoms with van der Waals surface area (Å²) in [5.74, 6) is 1.22. The normalized spacial score (nSPS) is 23.2. The van der Waals surface area contributed by atoms with Crippen LogP contribution in [0.25, 0.3) is 11.1 Å². The highest BCUT2D eigenvalue weighted by Gasteiger charge is 2.34. The minimum Gasteiger partial charge on any atom is -0.448 e. The molecule has 0 N–H and O–H groups in total. The molecule has 0 aliphatic carbocycles. The minimum absolute atomic E-state index is 0.000203. The van der Waals surface area contributed by atoms with E-state index in [0.29, 0.717) is 47.3 Å². The van der Waals surface area contributed by atoms with Gasteiger partial charge in [0, 0.05) is 22.0 Å². The fraction of sp³-hybridized carbons (Fsp3) is 0.600. The second kappa shape index (κ2) is 7.56. The van der Waals surface area contributed by atoms with Crippen LogP contribution in [0, 0.1) is 10.8 Å². The van der Waals surface area contributed by atoms with Crippen molar-refractivity contribution >= 4 is 31.9 Å². The number of hydrogen-bond acceptors (Lipinski definition) is 6. The standard InChI is InChI=1S/C20H24Br2O6/c1-19(2)7-23-17(24-8-19)13-5-11(15(21)27-13)12-6-14(28-16(12)22)18-25-9-20(3,4)10-26-18/h5-6,17-18H,7-10H2,1-4H3. The highest BCUT2D eigenvalue weighted by atomic mass is 79.9. The molecule has 2 aromatic heterocycles. The average molecular weight is 520 g/mol. The maximum absolute atomic E-state index is 5.86. The summed E-state index contributed by atoms with van der Waals surface area (Å²) in [5.41, 5.74) is 1.68. The van der Waals surface area contributed by atoms with Gasteiger partial charge in [-0.3, -0.25) is 0 Å². The maximum atomic E-state index is 5.86. The van der Waals surface area contributed by atoms with Gasteiger partial charge in [-0.15, -0.1) is 0 Å². The van der Waals surface area contributed by atoms with E-state index in [4.69, 9.17) is 27.8 Å². The van der Waals surface area contributed by atoms with Crippen LogP contribution in [0.15, 0.2) is 30.3 Å². The first-order valence-corrected chi connectivity index (χ1v) is 10.8. The summed E-state index contributed by atoms with van der Waals surface area (Å²) in [7, 11) is 0. The van der Waals surface area contributed by atoms with Crippen molar-refractivity contribution in [1.82, 2.24) is 0 Å². The zero-order valence-electron chi connectivity index (χ0n) is 16.3. The Hall–Kier alpha value is -0.640. The summed E-state index contributed by atoms with van der Waals surface area (Å²) in [6, 6.07) is 3.80. The second-order valence-corrected chi connectivity index (χ2v) is 10.3. The quantitative estimate of drug-likeness (QED) is 0.480.